The number of sulfonamides is 1. The lowest BCUT2D eigenvalue weighted by Gasteiger charge is -2.13. The van der Waals surface area contributed by atoms with Crippen molar-refractivity contribution in [1.82, 2.24) is 9.71 Å². The number of hydrogen-bond acceptors (Lipinski definition) is 4. The molecular formula is C14H18N2O3S. The highest BCUT2D eigenvalue weighted by Gasteiger charge is 2.18. The SMILES string of the molecule is COC(C)CNS(=O)(=O)c1ccc(C)c2ncccc12. The van der Waals surface area contributed by atoms with E-state index >= 15 is 0 Å². The van der Waals surface area contributed by atoms with Gasteiger partial charge in [0, 0.05) is 25.2 Å². The fourth-order valence-corrected chi connectivity index (χ4v) is 3.22. The van der Waals surface area contributed by atoms with Crippen LogP contribution in [0.2, 0.25) is 0 Å². The quantitative estimate of drug-likeness (QED) is 0.914. The lowest BCUT2D eigenvalue weighted by Crippen LogP contribution is -2.31. The summed E-state index contributed by atoms with van der Waals surface area (Å²) < 4.78 is 32.4. The van der Waals surface area contributed by atoms with Crippen LogP contribution in [0.5, 0.6) is 0 Å². The van der Waals surface area contributed by atoms with Gasteiger partial charge in [0.15, 0.2) is 0 Å². The van der Waals surface area contributed by atoms with Crippen LogP contribution in [0.3, 0.4) is 0 Å². The van der Waals surface area contributed by atoms with E-state index in [1.165, 1.54) is 0 Å². The van der Waals surface area contributed by atoms with Crippen molar-refractivity contribution in [3.05, 3.63) is 36.0 Å². The Hall–Kier alpha value is -1.50. The molecule has 1 aromatic heterocycles. The van der Waals surface area contributed by atoms with Crippen LogP contribution >= 0.6 is 0 Å². The molecule has 2 aromatic rings. The molecule has 0 saturated heterocycles. The molecule has 2 rings (SSSR count). The van der Waals surface area contributed by atoms with Gasteiger partial charge in [-0.05, 0) is 37.6 Å². The fraction of sp³-hybridized carbons (Fsp3) is 0.357. The molecule has 1 N–H and O–H groups in total. The molecule has 0 aliphatic heterocycles. The maximum Gasteiger partial charge on any atom is 0.241 e. The molecule has 5 nitrogen and oxygen atoms in total. The summed E-state index contributed by atoms with van der Waals surface area (Å²) >= 11 is 0. The van der Waals surface area contributed by atoms with Gasteiger partial charge in [0.05, 0.1) is 16.5 Å². The van der Waals surface area contributed by atoms with Gasteiger partial charge in [-0.1, -0.05) is 6.07 Å². The molecule has 0 bridgehead atoms. The molecule has 0 amide bonds. The highest BCUT2D eigenvalue weighted by Crippen LogP contribution is 2.23. The monoisotopic (exact) mass is 294 g/mol. The summed E-state index contributed by atoms with van der Waals surface area (Å²) in [6.45, 7) is 3.94. The van der Waals surface area contributed by atoms with Crippen LogP contribution in [-0.2, 0) is 14.8 Å². The van der Waals surface area contributed by atoms with Crippen molar-refractivity contribution in [2.24, 2.45) is 0 Å². The topological polar surface area (TPSA) is 68.3 Å². The summed E-state index contributed by atoms with van der Waals surface area (Å²) in [5, 5.41) is 0.630. The van der Waals surface area contributed by atoms with Gasteiger partial charge in [-0.2, -0.15) is 0 Å². The maximum absolute atomic E-state index is 12.4. The molecule has 1 heterocycles. The number of methoxy groups -OCH3 is 1. The number of aryl methyl sites for hydroxylation is 1. The van der Waals surface area contributed by atoms with E-state index in [-0.39, 0.29) is 17.5 Å². The van der Waals surface area contributed by atoms with Crippen LogP contribution in [0.4, 0.5) is 0 Å². The number of aromatic nitrogens is 1. The van der Waals surface area contributed by atoms with Crippen LogP contribution in [0.15, 0.2) is 35.4 Å². The molecule has 1 unspecified atom stereocenters. The average Bonchev–Trinajstić information content (AvgIpc) is 2.45. The zero-order valence-corrected chi connectivity index (χ0v) is 12.6. The first-order chi connectivity index (χ1) is 9.45. The largest absolute Gasteiger partial charge is 0.380 e. The Kier molecular flexibility index (Phi) is 4.37. The molecule has 0 aliphatic carbocycles. The van der Waals surface area contributed by atoms with E-state index < -0.39 is 10.0 Å². The Labute approximate surface area is 119 Å². The van der Waals surface area contributed by atoms with Crippen molar-refractivity contribution >= 4 is 20.9 Å². The Morgan fingerprint density at radius 1 is 1.35 bits per heavy atom. The molecule has 0 spiro atoms. The van der Waals surface area contributed by atoms with Crippen molar-refractivity contribution in [3.63, 3.8) is 0 Å². The summed E-state index contributed by atoms with van der Waals surface area (Å²) in [5.41, 5.74) is 1.65. The van der Waals surface area contributed by atoms with Crippen molar-refractivity contribution < 1.29 is 13.2 Å². The second-order valence-corrected chi connectivity index (χ2v) is 6.41. The normalized spacial score (nSPS) is 13.6. The van der Waals surface area contributed by atoms with Crippen LogP contribution in [-0.4, -0.2) is 33.2 Å². The smallest absolute Gasteiger partial charge is 0.241 e. The third kappa shape index (κ3) is 2.98. The number of hydrogen-bond donors (Lipinski definition) is 1. The summed E-state index contributed by atoms with van der Waals surface area (Å²) in [5.74, 6) is 0. The van der Waals surface area contributed by atoms with Gasteiger partial charge in [-0.3, -0.25) is 4.98 Å². The molecule has 1 aromatic carbocycles. The molecule has 108 valence electrons. The molecule has 0 aliphatic rings. The van der Waals surface area contributed by atoms with Crippen molar-refractivity contribution in [2.75, 3.05) is 13.7 Å². The lowest BCUT2D eigenvalue weighted by molar-refractivity contribution is 0.122. The van der Waals surface area contributed by atoms with Crippen LogP contribution < -0.4 is 4.72 Å². The number of fused-ring (bicyclic) bond motifs is 1. The van der Waals surface area contributed by atoms with Gasteiger partial charge >= 0.3 is 0 Å². The van der Waals surface area contributed by atoms with Gasteiger partial charge < -0.3 is 4.74 Å². The highest BCUT2D eigenvalue weighted by molar-refractivity contribution is 7.89. The lowest BCUT2D eigenvalue weighted by atomic mass is 10.1. The first-order valence-electron chi connectivity index (χ1n) is 6.32. The Bertz CT molecular complexity index is 713. The Morgan fingerprint density at radius 3 is 2.80 bits per heavy atom. The molecule has 20 heavy (non-hydrogen) atoms. The molecule has 6 heteroatoms. The van der Waals surface area contributed by atoms with Crippen molar-refractivity contribution in [3.8, 4) is 0 Å². The first-order valence-corrected chi connectivity index (χ1v) is 7.81. The van der Waals surface area contributed by atoms with E-state index in [1.807, 2.05) is 6.92 Å². The molecule has 0 fully saturated rings. The van der Waals surface area contributed by atoms with Gasteiger partial charge in [0.25, 0.3) is 0 Å². The summed E-state index contributed by atoms with van der Waals surface area (Å²) in [6.07, 6.45) is 1.48. The van der Waals surface area contributed by atoms with Crippen LogP contribution in [0.25, 0.3) is 10.9 Å². The molecule has 0 radical (unpaired) electrons. The summed E-state index contributed by atoms with van der Waals surface area (Å²) in [6, 6.07) is 6.88. The summed E-state index contributed by atoms with van der Waals surface area (Å²) in [7, 11) is -2.03. The van der Waals surface area contributed by atoms with E-state index in [9.17, 15) is 8.42 Å². The fourth-order valence-electron chi connectivity index (χ4n) is 1.91. The van der Waals surface area contributed by atoms with Gasteiger partial charge in [0.1, 0.15) is 0 Å². The molecular weight excluding hydrogens is 276 g/mol. The minimum Gasteiger partial charge on any atom is -0.380 e. The highest BCUT2D eigenvalue weighted by atomic mass is 32.2. The predicted molar refractivity (Wildman–Crippen MR) is 78.1 cm³/mol. The second kappa shape index (κ2) is 5.87. The number of benzene rings is 1. The van der Waals surface area contributed by atoms with E-state index in [1.54, 1.807) is 44.5 Å². The van der Waals surface area contributed by atoms with Gasteiger partial charge in [-0.15, -0.1) is 0 Å². The van der Waals surface area contributed by atoms with E-state index in [2.05, 4.69) is 9.71 Å². The second-order valence-electron chi connectivity index (χ2n) is 4.68. The van der Waals surface area contributed by atoms with Gasteiger partial charge in [0.2, 0.25) is 10.0 Å². The third-order valence-corrected chi connectivity index (χ3v) is 4.67. The average molecular weight is 294 g/mol. The summed E-state index contributed by atoms with van der Waals surface area (Å²) in [4.78, 5) is 4.49. The standard InChI is InChI=1S/C14H18N2O3S/c1-10-6-7-13(12-5-4-8-15-14(10)12)20(17,18)16-9-11(2)19-3/h4-8,11,16H,9H2,1-3H3. The number of pyridine rings is 1. The van der Waals surface area contributed by atoms with Crippen molar-refractivity contribution in [1.29, 1.82) is 0 Å². The van der Waals surface area contributed by atoms with Gasteiger partial charge in [-0.25, -0.2) is 13.1 Å². The number of rotatable bonds is 5. The predicted octanol–water partition coefficient (Wildman–Crippen LogP) is 1.86. The minimum atomic E-state index is -3.58. The van der Waals surface area contributed by atoms with Crippen molar-refractivity contribution in [2.45, 2.75) is 24.8 Å². The Morgan fingerprint density at radius 2 is 2.10 bits per heavy atom. The number of nitrogens with zero attached hydrogens (tertiary/aromatic N) is 1. The molecule has 0 saturated carbocycles. The number of ether oxygens (including phenoxy) is 1. The third-order valence-electron chi connectivity index (χ3n) is 3.18. The zero-order valence-electron chi connectivity index (χ0n) is 11.8. The number of nitrogens with one attached hydrogen (secondary N) is 1. The maximum atomic E-state index is 12.4. The van der Waals surface area contributed by atoms with Crippen LogP contribution in [0, 0.1) is 6.92 Å². The van der Waals surface area contributed by atoms with E-state index in [0.29, 0.717) is 10.9 Å². The Balaban J connectivity index is 2.45. The zero-order chi connectivity index (χ0) is 14.8. The van der Waals surface area contributed by atoms with E-state index in [0.717, 1.165) is 5.56 Å². The first kappa shape index (κ1) is 14.9. The van der Waals surface area contributed by atoms with Crippen LogP contribution in [0.1, 0.15) is 12.5 Å². The minimum absolute atomic E-state index is 0.181. The molecule has 1 atom stereocenters. The van der Waals surface area contributed by atoms with E-state index in [4.69, 9.17) is 4.74 Å².